The minimum Gasteiger partial charge on any atom is -0.508 e. The molecule has 3 aliphatic carbocycles. The van der Waals surface area contributed by atoms with E-state index in [1.54, 1.807) is 5.57 Å². The van der Waals surface area contributed by atoms with E-state index in [9.17, 15) is 15.0 Å². The third kappa shape index (κ3) is 10.1. The van der Waals surface area contributed by atoms with E-state index < -0.39 is 11.9 Å². The molecule has 4 nitrogen and oxygen atoms in total. The lowest BCUT2D eigenvalue weighted by Gasteiger charge is -2.42. The molecular weight excluding hydrogens is 602 g/mol. The number of carboxylic acids is 1. The van der Waals surface area contributed by atoms with Gasteiger partial charge in [-0.2, -0.15) is 0 Å². The number of carboxylic acid groups (broad SMARTS) is 1. The first kappa shape index (κ1) is 37.4. The molecule has 2 aromatic carbocycles. The fourth-order valence-electron chi connectivity index (χ4n) is 9.65. The largest absolute Gasteiger partial charge is 0.508 e. The summed E-state index contributed by atoms with van der Waals surface area (Å²) in [5, 5.41) is 21.4. The lowest BCUT2D eigenvalue weighted by molar-refractivity contribution is -0.145. The van der Waals surface area contributed by atoms with Gasteiger partial charge in [0.1, 0.15) is 5.75 Å². The van der Waals surface area contributed by atoms with E-state index in [1.807, 2.05) is 6.07 Å². The molecule has 2 bridgehead atoms. The molecule has 0 radical (unpaired) electrons. The molecular formula is C45H65NO3. The van der Waals surface area contributed by atoms with Crippen LogP contribution >= 0.6 is 0 Å². The van der Waals surface area contributed by atoms with Crippen molar-refractivity contribution in [2.75, 3.05) is 6.54 Å². The molecule has 1 saturated carbocycles. The predicted molar refractivity (Wildman–Crippen MR) is 204 cm³/mol. The zero-order valence-corrected chi connectivity index (χ0v) is 30.5. The third-order valence-corrected chi connectivity index (χ3v) is 12.5. The van der Waals surface area contributed by atoms with Gasteiger partial charge in [-0.25, -0.2) is 0 Å². The van der Waals surface area contributed by atoms with Gasteiger partial charge in [0.05, 0.1) is 5.92 Å². The molecule has 4 atom stereocenters. The maximum atomic E-state index is 12.9. The van der Waals surface area contributed by atoms with E-state index in [0.29, 0.717) is 24.0 Å². The molecule has 0 unspecified atom stereocenters. The van der Waals surface area contributed by atoms with Crippen molar-refractivity contribution in [2.24, 2.45) is 23.5 Å². The number of nitrogens with two attached hydrogens (primary N) is 1. The summed E-state index contributed by atoms with van der Waals surface area (Å²) in [5.74, 6) is 0.936. The Hall–Kier alpha value is -2.85. The summed E-state index contributed by atoms with van der Waals surface area (Å²) in [6.07, 6.45) is 30.4. The molecule has 268 valence electrons. The monoisotopic (exact) mass is 667 g/mol. The van der Waals surface area contributed by atoms with Crippen LogP contribution in [0.5, 0.6) is 5.75 Å². The van der Waals surface area contributed by atoms with Crippen LogP contribution in [0.2, 0.25) is 0 Å². The van der Waals surface area contributed by atoms with Gasteiger partial charge in [-0.05, 0) is 130 Å². The summed E-state index contributed by atoms with van der Waals surface area (Å²) in [6, 6.07) is 15.5. The number of phenolic OH excluding ortho intramolecular Hbond substituents is 1. The quantitative estimate of drug-likeness (QED) is 0.130. The molecule has 1 spiro atoms. The smallest absolute Gasteiger partial charge is 0.307 e. The first-order valence-corrected chi connectivity index (χ1v) is 20.1. The van der Waals surface area contributed by atoms with E-state index in [4.69, 9.17) is 5.73 Å². The number of carbonyl (C=O) groups is 1. The van der Waals surface area contributed by atoms with Crippen molar-refractivity contribution in [3.8, 4) is 5.75 Å². The average molecular weight is 668 g/mol. The summed E-state index contributed by atoms with van der Waals surface area (Å²) in [4.78, 5) is 12.9. The summed E-state index contributed by atoms with van der Waals surface area (Å²) >= 11 is 0. The lowest BCUT2D eigenvalue weighted by atomic mass is 9.60. The number of hydrogen-bond donors (Lipinski definition) is 3. The van der Waals surface area contributed by atoms with Crippen LogP contribution in [0.15, 0.2) is 66.3 Å². The zero-order chi connectivity index (χ0) is 34.5. The molecule has 0 amide bonds. The lowest BCUT2D eigenvalue weighted by Crippen LogP contribution is -2.41. The van der Waals surface area contributed by atoms with Crippen molar-refractivity contribution in [2.45, 2.75) is 153 Å². The molecule has 49 heavy (non-hydrogen) atoms. The van der Waals surface area contributed by atoms with Crippen molar-refractivity contribution in [1.82, 2.24) is 0 Å². The number of benzene rings is 2. The standard InChI is InChI=1S/C45H65NO3/c1-2-3-7-19-39-33-38(24-25-43(39)47)41-32-36-16-14-20-40(31-36)45(27-12-6-13-28-45)42(44(48)49)21-11-10-18-37(41)17-9-5-4-8-15-34-22-23-35(30-34)26-29-46/h10-11,14,16,20,24-25,30-31,33-34,37,41-42,47H,2-9,12-13,15,17-19,21-23,26-29,32,46H2,1H3,(H,48,49)/b11-10-/t34-,37-,41-,42-/m0/s1. The normalized spacial score (nSPS) is 24.6. The van der Waals surface area contributed by atoms with Crippen LogP contribution in [0.25, 0.3) is 0 Å². The van der Waals surface area contributed by atoms with Crippen molar-refractivity contribution in [3.05, 3.63) is 88.5 Å². The molecule has 4 N–H and O–H groups in total. The third-order valence-electron chi connectivity index (χ3n) is 12.5. The second-order valence-electron chi connectivity index (χ2n) is 15.8. The minimum absolute atomic E-state index is 0.302. The summed E-state index contributed by atoms with van der Waals surface area (Å²) < 4.78 is 0. The van der Waals surface area contributed by atoms with Crippen LogP contribution < -0.4 is 5.73 Å². The highest BCUT2D eigenvalue weighted by molar-refractivity contribution is 5.73. The molecule has 5 rings (SSSR count). The number of aliphatic carboxylic acids is 1. The van der Waals surface area contributed by atoms with Crippen LogP contribution in [-0.4, -0.2) is 22.7 Å². The van der Waals surface area contributed by atoms with Crippen molar-refractivity contribution in [1.29, 1.82) is 0 Å². The predicted octanol–water partition coefficient (Wildman–Crippen LogP) is 11.3. The van der Waals surface area contributed by atoms with Crippen LogP contribution in [0.3, 0.4) is 0 Å². The first-order chi connectivity index (χ1) is 23.9. The molecule has 1 fully saturated rings. The van der Waals surface area contributed by atoms with Crippen LogP contribution in [0.1, 0.15) is 157 Å². The second kappa shape index (κ2) is 18.9. The Morgan fingerprint density at radius 1 is 0.898 bits per heavy atom. The molecule has 3 aliphatic rings. The summed E-state index contributed by atoms with van der Waals surface area (Å²) in [6.45, 7) is 3.00. The van der Waals surface area contributed by atoms with Gasteiger partial charge in [0.15, 0.2) is 0 Å². The van der Waals surface area contributed by atoms with E-state index >= 15 is 0 Å². The van der Waals surface area contributed by atoms with Gasteiger partial charge in [0, 0.05) is 5.41 Å². The molecule has 0 aromatic heterocycles. The van der Waals surface area contributed by atoms with E-state index in [-0.39, 0.29) is 5.41 Å². The van der Waals surface area contributed by atoms with Gasteiger partial charge in [0.2, 0.25) is 0 Å². The SMILES string of the molecule is CCCCCc1cc([C@H]2Cc3cccc(c3)C3(CCCCC3)[C@H](C(=O)O)C/C=C\C[C@@H]2CCCCCC[C@@H]2C=C(CCN)CC2)ccc1O. The van der Waals surface area contributed by atoms with E-state index in [1.165, 1.54) is 80.9 Å². The minimum atomic E-state index is -0.646. The number of aryl methyl sites for hydroxylation is 1. The van der Waals surface area contributed by atoms with Gasteiger partial charge >= 0.3 is 5.97 Å². The number of rotatable bonds is 15. The van der Waals surface area contributed by atoms with Crippen LogP contribution in [0, 0.1) is 17.8 Å². The summed E-state index contributed by atoms with van der Waals surface area (Å²) in [7, 11) is 0. The van der Waals surface area contributed by atoms with E-state index in [2.05, 4.69) is 61.5 Å². The van der Waals surface area contributed by atoms with Crippen molar-refractivity contribution < 1.29 is 15.0 Å². The second-order valence-corrected chi connectivity index (χ2v) is 15.8. The van der Waals surface area contributed by atoms with Crippen molar-refractivity contribution in [3.63, 3.8) is 0 Å². The fourth-order valence-corrected chi connectivity index (χ4v) is 9.65. The molecule has 0 saturated heterocycles. The average Bonchev–Trinajstić information content (AvgIpc) is 3.56. The Kier molecular flexibility index (Phi) is 14.5. The Morgan fingerprint density at radius 2 is 1.69 bits per heavy atom. The molecule has 4 heteroatoms. The topological polar surface area (TPSA) is 83.5 Å². The fraction of sp³-hybridized carbons (Fsp3) is 0.622. The maximum Gasteiger partial charge on any atom is 0.307 e. The zero-order valence-electron chi connectivity index (χ0n) is 30.5. The number of unbranched alkanes of at least 4 members (excludes halogenated alkanes) is 5. The number of phenols is 1. The van der Waals surface area contributed by atoms with E-state index in [0.717, 1.165) is 82.2 Å². The first-order valence-electron chi connectivity index (χ1n) is 20.1. The highest BCUT2D eigenvalue weighted by Gasteiger charge is 2.44. The number of aromatic hydroxyl groups is 1. The molecule has 0 heterocycles. The highest BCUT2D eigenvalue weighted by Crippen LogP contribution is 2.48. The van der Waals surface area contributed by atoms with Crippen LogP contribution in [0.4, 0.5) is 0 Å². The number of hydrogen-bond acceptors (Lipinski definition) is 3. The van der Waals surface area contributed by atoms with Gasteiger partial charge in [-0.3, -0.25) is 4.79 Å². The van der Waals surface area contributed by atoms with Gasteiger partial charge < -0.3 is 15.9 Å². The van der Waals surface area contributed by atoms with Crippen LogP contribution in [-0.2, 0) is 23.1 Å². The Labute approximate surface area is 297 Å². The van der Waals surface area contributed by atoms with Crippen molar-refractivity contribution >= 4 is 5.97 Å². The molecule has 0 aliphatic heterocycles. The van der Waals surface area contributed by atoms with Gasteiger partial charge in [-0.1, -0.05) is 125 Å². The number of fused-ring (bicyclic) bond motifs is 3. The van der Waals surface area contributed by atoms with Gasteiger partial charge in [0.25, 0.3) is 0 Å². The Morgan fingerprint density at radius 3 is 2.47 bits per heavy atom. The number of allylic oxidation sites excluding steroid dienone is 3. The highest BCUT2D eigenvalue weighted by atomic mass is 16.4. The Balaban J connectivity index is 1.38. The summed E-state index contributed by atoms with van der Waals surface area (Å²) in [5.41, 5.74) is 12.1. The van der Waals surface area contributed by atoms with Gasteiger partial charge in [-0.15, -0.1) is 0 Å². The Bertz CT molecular complexity index is 1390. The maximum absolute atomic E-state index is 12.9. The molecule has 2 aromatic rings.